The van der Waals surface area contributed by atoms with Crippen LogP contribution in [0.25, 0.3) is 0 Å². The summed E-state index contributed by atoms with van der Waals surface area (Å²) in [7, 11) is 0. The molecule has 5 heteroatoms. The Bertz CT molecular complexity index is 355. The molecule has 0 bridgehead atoms. The predicted octanol–water partition coefficient (Wildman–Crippen LogP) is 2.60. The Morgan fingerprint density at radius 2 is 1.80 bits per heavy atom. The van der Waals surface area contributed by atoms with Crippen LogP contribution in [0.2, 0.25) is 10.0 Å². The Balaban J connectivity index is 2.09. The van der Waals surface area contributed by atoms with Crippen LogP contribution in [0, 0.1) is 0 Å². The summed E-state index contributed by atoms with van der Waals surface area (Å²) in [6.07, 6.45) is 1.91. The molecule has 0 aromatic heterocycles. The molecule has 15 heavy (non-hydrogen) atoms. The van der Waals surface area contributed by atoms with Crippen LogP contribution in [0.5, 0.6) is 5.75 Å². The highest BCUT2D eigenvalue weighted by molar-refractivity contribution is 6.37. The summed E-state index contributed by atoms with van der Waals surface area (Å²) >= 11 is 11.6. The topological polar surface area (TPSA) is 58.3 Å². The lowest BCUT2D eigenvalue weighted by atomic mass is 9.87. The van der Waals surface area contributed by atoms with E-state index in [-0.39, 0.29) is 15.8 Å². The van der Waals surface area contributed by atoms with Gasteiger partial charge in [0.05, 0.1) is 10.0 Å². The molecule has 1 aliphatic rings. The molecule has 4 N–H and O–H groups in total. The maximum Gasteiger partial charge on any atom is 0.152 e. The van der Waals surface area contributed by atoms with Crippen molar-refractivity contribution in [2.45, 2.75) is 24.9 Å². The standard InChI is InChI=1S/C10H12Cl2N2O/c11-8-3-7(4-9(12)10(8)15)14-6-1-5(13)2-6/h3-6,14-15H,1-2,13H2. The maximum absolute atomic E-state index is 9.37. The van der Waals surface area contributed by atoms with Gasteiger partial charge in [0.1, 0.15) is 0 Å². The summed E-state index contributed by atoms with van der Waals surface area (Å²) in [6.45, 7) is 0. The largest absolute Gasteiger partial charge is 0.505 e. The number of benzene rings is 1. The minimum Gasteiger partial charge on any atom is -0.505 e. The van der Waals surface area contributed by atoms with Gasteiger partial charge in [-0.2, -0.15) is 0 Å². The smallest absolute Gasteiger partial charge is 0.152 e. The number of nitrogens with one attached hydrogen (secondary N) is 1. The van der Waals surface area contributed by atoms with E-state index in [4.69, 9.17) is 28.9 Å². The van der Waals surface area contributed by atoms with Crippen molar-refractivity contribution < 1.29 is 5.11 Å². The monoisotopic (exact) mass is 246 g/mol. The number of nitrogens with two attached hydrogens (primary N) is 1. The highest BCUT2D eigenvalue weighted by Crippen LogP contribution is 2.35. The van der Waals surface area contributed by atoms with Gasteiger partial charge in [0.2, 0.25) is 0 Å². The van der Waals surface area contributed by atoms with E-state index >= 15 is 0 Å². The number of anilines is 1. The Morgan fingerprint density at radius 1 is 1.27 bits per heavy atom. The van der Waals surface area contributed by atoms with Crippen LogP contribution in [0.15, 0.2) is 12.1 Å². The zero-order valence-corrected chi connectivity index (χ0v) is 9.52. The Labute approximate surface area is 98.2 Å². The first-order valence-electron chi connectivity index (χ1n) is 4.76. The fourth-order valence-electron chi connectivity index (χ4n) is 1.66. The van der Waals surface area contributed by atoms with Crippen molar-refractivity contribution >= 4 is 28.9 Å². The first-order chi connectivity index (χ1) is 7.06. The van der Waals surface area contributed by atoms with Crippen LogP contribution in [0.4, 0.5) is 5.69 Å². The van der Waals surface area contributed by atoms with Crippen molar-refractivity contribution in [3.8, 4) is 5.75 Å². The lowest BCUT2D eigenvalue weighted by Crippen LogP contribution is -2.44. The van der Waals surface area contributed by atoms with E-state index in [2.05, 4.69) is 5.32 Å². The number of rotatable bonds is 2. The number of phenols is 1. The first-order valence-corrected chi connectivity index (χ1v) is 5.52. The van der Waals surface area contributed by atoms with Gasteiger partial charge in [0.15, 0.2) is 5.75 Å². The second-order valence-corrected chi connectivity index (χ2v) is 4.68. The van der Waals surface area contributed by atoms with Gasteiger partial charge in [-0.3, -0.25) is 0 Å². The molecule has 1 fully saturated rings. The maximum atomic E-state index is 9.37. The number of halogens is 2. The van der Waals surface area contributed by atoms with E-state index in [0.717, 1.165) is 18.5 Å². The third-order valence-corrected chi connectivity index (χ3v) is 3.14. The fourth-order valence-corrected chi connectivity index (χ4v) is 2.15. The predicted molar refractivity (Wildman–Crippen MR) is 62.7 cm³/mol. The fraction of sp³-hybridized carbons (Fsp3) is 0.400. The minimum absolute atomic E-state index is 0.0748. The van der Waals surface area contributed by atoms with Crippen LogP contribution in [0.3, 0.4) is 0 Å². The van der Waals surface area contributed by atoms with Gasteiger partial charge in [0.25, 0.3) is 0 Å². The minimum atomic E-state index is -0.0748. The van der Waals surface area contributed by atoms with Crippen molar-refractivity contribution in [2.24, 2.45) is 5.73 Å². The number of hydrogen-bond donors (Lipinski definition) is 3. The second-order valence-electron chi connectivity index (χ2n) is 3.86. The van der Waals surface area contributed by atoms with E-state index in [9.17, 15) is 5.11 Å². The summed E-state index contributed by atoms with van der Waals surface area (Å²) in [5, 5.41) is 13.1. The van der Waals surface area contributed by atoms with Crippen molar-refractivity contribution in [3.63, 3.8) is 0 Å². The molecule has 0 unspecified atom stereocenters. The summed E-state index contributed by atoms with van der Waals surface area (Å²) in [4.78, 5) is 0. The Morgan fingerprint density at radius 3 is 2.27 bits per heavy atom. The van der Waals surface area contributed by atoms with Gasteiger partial charge < -0.3 is 16.2 Å². The molecule has 1 aromatic carbocycles. The van der Waals surface area contributed by atoms with Gasteiger partial charge in [-0.1, -0.05) is 23.2 Å². The van der Waals surface area contributed by atoms with E-state index in [1.165, 1.54) is 0 Å². The van der Waals surface area contributed by atoms with Crippen molar-refractivity contribution in [1.29, 1.82) is 0 Å². The van der Waals surface area contributed by atoms with E-state index in [1.54, 1.807) is 12.1 Å². The van der Waals surface area contributed by atoms with Crippen molar-refractivity contribution in [1.82, 2.24) is 0 Å². The molecule has 0 radical (unpaired) electrons. The molecule has 1 aromatic rings. The summed E-state index contributed by atoms with van der Waals surface area (Å²) in [5.74, 6) is -0.0748. The highest BCUT2D eigenvalue weighted by atomic mass is 35.5. The zero-order chi connectivity index (χ0) is 11.0. The molecular weight excluding hydrogens is 235 g/mol. The average molecular weight is 247 g/mol. The SMILES string of the molecule is NC1CC(Nc2cc(Cl)c(O)c(Cl)c2)C1. The molecule has 0 saturated heterocycles. The molecule has 0 atom stereocenters. The molecule has 1 aliphatic carbocycles. The molecular formula is C10H12Cl2N2O. The van der Waals surface area contributed by atoms with E-state index < -0.39 is 0 Å². The van der Waals surface area contributed by atoms with E-state index in [1.807, 2.05) is 0 Å². The summed E-state index contributed by atoms with van der Waals surface area (Å²) < 4.78 is 0. The van der Waals surface area contributed by atoms with Crippen molar-refractivity contribution in [2.75, 3.05) is 5.32 Å². The highest BCUT2D eigenvalue weighted by Gasteiger charge is 2.25. The summed E-state index contributed by atoms with van der Waals surface area (Å²) in [6, 6.07) is 4.00. The number of hydrogen-bond acceptors (Lipinski definition) is 3. The molecule has 0 aliphatic heterocycles. The van der Waals surface area contributed by atoms with Crippen LogP contribution in [0.1, 0.15) is 12.8 Å². The summed E-state index contributed by atoms with van der Waals surface area (Å²) in [5.41, 5.74) is 6.49. The van der Waals surface area contributed by atoms with Crippen LogP contribution in [-0.2, 0) is 0 Å². The van der Waals surface area contributed by atoms with Crippen LogP contribution in [-0.4, -0.2) is 17.2 Å². The van der Waals surface area contributed by atoms with Gasteiger partial charge >= 0.3 is 0 Å². The molecule has 1 saturated carbocycles. The van der Waals surface area contributed by atoms with Gasteiger partial charge in [-0.05, 0) is 25.0 Å². The molecule has 0 amide bonds. The Hall–Kier alpha value is -0.640. The molecule has 82 valence electrons. The molecule has 0 heterocycles. The van der Waals surface area contributed by atoms with Crippen LogP contribution < -0.4 is 11.1 Å². The first kappa shape index (κ1) is 10.9. The average Bonchev–Trinajstić information content (AvgIpc) is 2.11. The number of phenolic OH excluding ortho intramolecular Hbond substituents is 1. The van der Waals surface area contributed by atoms with Gasteiger partial charge in [-0.25, -0.2) is 0 Å². The van der Waals surface area contributed by atoms with E-state index in [0.29, 0.717) is 12.1 Å². The van der Waals surface area contributed by atoms with Gasteiger partial charge in [0, 0.05) is 17.8 Å². The van der Waals surface area contributed by atoms with Gasteiger partial charge in [-0.15, -0.1) is 0 Å². The quantitative estimate of drug-likeness (QED) is 0.704. The Kier molecular flexibility index (Phi) is 2.96. The third kappa shape index (κ3) is 2.30. The normalized spacial score (nSPS) is 24.7. The zero-order valence-electron chi connectivity index (χ0n) is 8.00. The number of aromatic hydroxyl groups is 1. The molecule has 0 spiro atoms. The van der Waals surface area contributed by atoms with Crippen LogP contribution >= 0.6 is 23.2 Å². The third-order valence-electron chi connectivity index (χ3n) is 2.56. The van der Waals surface area contributed by atoms with Crippen molar-refractivity contribution in [3.05, 3.63) is 22.2 Å². The molecule has 3 nitrogen and oxygen atoms in total. The lowest BCUT2D eigenvalue weighted by molar-refractivity contribution is 0.373. The lowest BCUT2D eigenvalue weighted by Gasteiger charge is -2.33. The molecule has 2 rings (SSSR count). The second kappa shape index (κ2) is 4.08.